The maximum atomic E-state index is 12.1. The molecule has 0 aromatic heterocycles. The van der Waals surface area contributed by atoms with Crippen molar-refractivity contribution in [1.29, 1.82) is 5.41 Å². The van der Waals surface area contributed by atoms with E-state index in [-0.39, 0.29) is 28.8 Å². The normalized spacial score (nSPS) is 50.5. The van der Waals surface area contributed by atoms with Gasteiger partial charge in [-0.3, -0.25) is 5.41 Å². The Labute approximate surface area is 169 Å². The largest absolute Gasteiger partial charge is 0.393 e. The predicted molar refractivity (Wildman–Crippen MR) is 111 cm³/mol. The Morgan fingerprint density at radius 1 is 1.07 bits per heavy atom. The summed E-state index contributed by atoms with van der Waals surface area (Å²) in [5.74, 6) is 1.98. The van der Waals surface area contributed by atoms with Gasteiger partial charge in [-0.15, -0.1) is 0 Å². The Morgan fingerprint density at radius 3 is 2.61 bits per heavy atom. The number of guanidine groups is 1. The second-order valence-corrected chi connectivity index (χ2v) is 10.5. The number of aliphatic hydroxyl groups is 2. The summed E-state index contributed by atoms with van der Waals surface area (Å²) in [5, 5.41) is 36.9. The fraction of sp³-hybridized carbons (Fsp3) is 0.909. The average molecular weight is 391 g/mol. The van der Waals surface area contributed by atoms with Gasteiger partial charge < -0.3 is 15.5 Å². The molecule has 0 aromatic carbocycles. The molecule has 0 radical (unpaired) electrons. The van der Waals surface area contributed by atoms with Crippen LogP contribution in [0.5, 0.6) is 0 Å². The molecule has 0 saturated heterocycles. The molecular weight excluding hydrogens is 352 g/mol. The molecule has 8 atom stereocenters. The van der Waals surface area contributed by atoms with Gasteiger partial charge in [0.05, 0.1) is 11.7 Å². The van der Waals surface area contributed by atoms with Crippen molar-refractivity contribution in [3.05, 3.63) is 0 Å². The predicted octanol–water partition coefficient (Wildman–Crippen LogP) is 2.85. The molecule has 0 unspecified atom stereocenters. The van der Waals surface area contributed by atoms with E-state index in [1.54, 1.807) is 7.05 Å². The van der Waals surface area contributed by atoms with Crippen LogP contribution in [-0.4, -0.2) is 41.1 Å². The molecule has 0 spiro atoms. The molecule has 5 N–H and O–H groups in total. The van der Waals surface area contributed by atoms with Crippen LogP contribution in [0.25, 0.3) is 0 Å². The van der Waals surface area contributed by atoms with Gasteiger partial charge in [-0.05, 0) is 81.0 Å². The number of hydrogen-bond donors (Lipinski definition) is 5. The van der Waals surface area contributed by atoms with Crippen LogP contribution in [0.3, 0.4) is 0 Å². The van der Waals surface area contributed by atoms with Gasteiger partial charge in [-0.1, -0.05) is 13.8 Å². The molecule has 0 amide bonds. The summed E-state index contributed by atoms with van der Waals surface area (Å²) in [5.41, 5.74) is 2.24. The molecule has 6 heteroatoms. The lowest BCUT2D eigenvalue weighted by Crippen LogP contribution is -2.62. The zero-order valence-corrected chi connectivity index (χ0v) is 17.7. The number of hydrogen-bond acceptors (Lipinski definition) is 4. The van der Waals surface area contributed by atoms with Crippen molar-refractivity contribution in [2.75, 3.05) is 7.05 Å². The van der Waals surface area contributed by atoms with E-state index in [1.807, 2.05) is 6.21 Å². The Morgan fingerprint density at radius 2 is 1.86 bits per heavy atom. The van der Waals surface area contributed by atoms with Gasteiger partial charge in [0.25, 0.3) is 0 Å². The van der Waals surface area contributed by atoms with Crippen molar-refractivity contribution in [3.8, 4) is 0 Å². The maximum Gasteiger partial charge on any atom is 0.208 e. The summed E-state index contributed by atoms with van der Waals surface area (Å²) in [7, 11) is 1.70. The van der Waals surface area contributed by atoms with E-state index in [1.165, 1.54) is 6.42 Å². The van der Waals surface area contributed by atoms with Gasteiger partial charge in [-0.25, -0.2) is 5.43 Å². The minimum Gasteiger partial charge on any atom is -0.393 e. The van der Waals surface area contributed by atoms with Crippen LogP contribution in [0.1, 0.15) is 71.6 Å². The topological polar surface area (TPSA) is 101 Å². The minimum atomic E-state index is -0.618. The molecule has 4 fully saturated rings. The Kier molecular flexibility index (Phi) is 5.02. The van der Waals surface area contributed by atoms with Crippen molar-refractivity contribution >= 4 is 12.2 Å². The summed E-state index contributed by atoms with van der Waals surface area (Å²) in [6.07, 6.45) is 11.1. The van der Waals surface area contributed by atoms with Crippen LogP contribution in [-0.2, 0) is 0 Å². The fourth-order valence-corrected chi connectivity index (χ4v) is 7.73. The van der Waals surface area contributed by atoms with Gasteiger partial charge in [0.2, 0.25) is 5.96 Å². The second kappa shape index (κ2) is 6.98. The summed E-state index contributed by atoms with van der Waals surface area (Å²) in [6, 6.07) is 0. The van der Waals surface area contributed by atoms with Crippen molar-refractivity contribution in [3.63, 3.8) is 0 Å². The van der Waals surface area contributed by atoms with E-state index in [0.717, 1.165) is 51.4 Å². The molecule has 0 heterocycles. The molecule has 28 heavy (non-hydrogen) atoms. The molecule has 0 aromatic rings. The monoisotopic (exact) mass is 390 g/mol. The lowest BCUT2D eigenvalue weighted by Gasteiger charge is -2.63. The first-order valence-electron chi connectivity index (χ1n) is 11.2. The third-order valence-corrected chi connectivity index (χ3v) is 9.58. The standard InChI is InChI=1S/C22H38N4O2/c1-20-9-7-16(27)12-14(20)4-5-18-17(20)8-10-21(2)15(6-11-22(18,21)28)13-25-26-19(23)24-3/h13-18,27-28H,4-12H2,1-3H3,(H3,23,24,26)/b25-13+/t14-,15-,16+,17+,18-,20+,21-,22+/m1/s1. The Balaban J connectivity index is 1.56. The van der Waals surface area contributed by atoms with Gasteiger partial charge in [0.1, 0.15) is 0 Å². The van der Waals surface area contributed by atoms with E-state index >= 15 is 0 Å². The first-order chi connectivity index (χ1) is 13.2. The number of fused-ring (bicyclic) bond motifs is 5. The van der Waals surface area contributed by atoms with Crippen LogP contribution < -0.4 is 10.7 Å². The third kappa shape index (κ3) is 2.82. The van der Waals surface area contributed by atoms with Crippen LogP contribution in [0.4, 0.5) is 0 Å². The zero-order chi connectivity index (χ0) is 20.2. The van der Waals surface area contributed by atoms with Gasteiger partial charge in [0.15, 0.2) is 0 Å². The highest BCUT2D eigenvalue weighted by molar-refractivity contribution is 5.77. The molecule has 4 saturated carbocycles. The fourth-order valence-electron chi connectivity index (χ4n) is 7.73. The molecule has 0 bridgehead atoms. The summed E-state index contributed by atoms with van der Waals surface area (Å²) < 4.78 is 0. The van der Waals surface area contributed by atoms with Crippen LogP contribution in [0.2, 0.25) is 0 Å². The number of hydrazone groups is 1. The van der Waals surface area contributed by atoms with Gasteiger partial charge >= 0.3 is 0 Å². The first kappa shape index (κ1) is 20.1. The molecule has 158 valence electrons. The van der Waals surface area contributed by atoms with Gasteiger partial charge in [0, 0.05) is 24.6 Å². The molecule has 4 aliphatic rings. The minimum absolute atomic E-state index is 0.123. The number of nitrogens with zero attached hydrogens (tertiary/aromatic N) is 1. The highest BCUT2D eigenvalue weighted by Crippen LogP contribution is 2.68. The summed E-state index contributed by atoms with van der Waals surface area (Å²) >= 11 is 0. The third-order valence-electron chi connectivity index (χ3n) is 9.58. The van der Waals surface area contributed by atoms with Gasteiger partial charge in [-0.2, -0.15) is 5.10 Å². The lowest BCUT2D eigenvalue weighted by molar-refractivity contribution is -0.206. The zero-order valence-electron chi connectivity index (χ0n) is 17.7. The van der Waals surface area contributed by atoms with Crippen LogP contribution in [0.15, 0.2) is 5.10 Å². The Bertz CT molecular complexity index is 654. The summed E-state index contributed by atoms with van der Waals surface area (Å²) in [6.45, 7) is 4.73. The number of aliphatic hydroxyl groups excluding tert-OH is 1. The quantitative estimate of drug-likeness (QED) is 0.284. The highest BCUT2D eigenvalue weighted by Gasteiger charge is 2.66. The van der Waals surface area contributed by atoms with E-state index in [9.17, 15) is 10.2 Å². The molecule has 6 nitrogen and oxygen atoms in total. The average Bonchev–Trinajstić information content (AvgIpc) is 2.93. The van der Waals surface area contributed by atoms with Crippen LogP contribution >= 0.6 is 0 Å². The van der Waals surface area contributed by atoms with E-state index in [4.69, 9.17) is 5.41 Å². The van der Waals surface area contributed by atoms with E-state index in [0.29, 0.717) is 17.8 Å². The maximum absolute atomic E-state index is 12.1. The SMILES string of the molecule is CNC(=N)N/N=C/[C@H]1CC[C@]2(O)[C@@H]3CC[C@@H]4C[C@@H](O)CC[C@]4(C)[C@H]3CC[C@]12C. The van der Waals surface area contributed by atoms with Crippen LogP contribution in [0, 0.1) is 39.9 Å². The van der Waals surface area contributed by atoms with Crippen molar-refractivity contribution in [1.82, 2.24) is 10.7 Å². The van der Waals surface area contributed by atoms with Crippen molar-refractivity contribution in [2.24, 2.45) is 39.6 Å². The molecule has 0 aliphatic heterocycles. The van der Waals surface area contributed by atoms with E-state index in [2.05, 4.69) is 29.7 Å². The molecule has 4 rings (SSSR count). The van der Waals surface area contributed by atoms with E-state index < -0.39 is 5.60 Å². The first-order valence-corrected chi connectivity index (χ1v) is 11.2. The molecular formula is C22H38N4O2. The molecule has 4 aliphatic carbocycles. The smallest absolute Gasteiger partial charge is 0.208 e. The van der Waals surface area contributed by atoms with Crippen molar-refractivity contribution in [2.45, 2.75) is 83.3 Å². The second-order valence-electron chi connectivity index (χ2n) is 10.5. The lowest BCUT2D eigenvalue weighted by atomic mass is 9.43. The summed E-state index contributed by atoms with van der Waals surface area (Å²) in [4.78, 5) is 0. The highest BCUT2D eigenvalue weighted by atomic mass is 16.3. The van der Waals surface area contributed by atoms with Crippen molar-refractivity contribution < 1.29 is 10.2 Å². The number of nitrogens with one attached hydrogen (secondary N) is 3. The Hall–Kier alpha value is -1.14. The number of rotatable bonds is 2.